The van der Waals surface area contributed by atoms with Gasteiger partial charge in [0.15, 0.2) is 0 Å². The van der Waals surface area contributed by atoms with Gasteiger partial charge in [0, 0.05) is 11.8 Å². The van der Waals surface area contributed by atoms with E-state index in [9.17, 15) is 4.79 Å². The van der Waals surface area contributed by atoms with Crippen LogP contribution in [-0.4, -0.2) is 19.9 Å². The lowest BCUT2D eigenvalue weighted by molar-refractivity contribution is 0.880. The predicted octanol–water partition coefficient (Wildman–Crippen LogP) is 2.94. The minimum absolute atomic E-state index is 0.0165. The van der Waals surface area contributed by atoms with Gasteiger partial charge in [-0.25, -0.2) is 15.0 Å². The van der Waals surface area contributed by atoms with E-state index in [1.54, 1.807) is 29.4 Å². The van der Waals surface area contributed by atoms with Crippen molar-refractivity contribution in [2.75, 3.05) is 0 Å². The summed E-state index contributed by atoms with van der Waals surface area (Å²) >= 11 is 3.19. The van der Waals surface area contributed by atoms with Gasteiger partial charge in [-0.2, -0.15) is 0 Å². The molecule has 3 aromatic rings. The van der Waals surface area contributed by atoms with Gasteiger partial charge < -0.3 is 4.98 Å². The first-order valence-electron chi connectivity index (χ1n) is 6.06. The Hall–Kier alpha value is -1.73. The molecule has 0 saturated carbocycles. The number of thiophene rings is 1. The highest BCUT2D eigenvalue weighted by atomic mass is 32.2. The Balaban J connectivity index is 1.94. The van der Waals surface area contributed by atoms with E-state index in [4.69, 9.17) is 0 Å². The molecular formula is C13H12N4OS2. The number of aromatic nitrogens is 4. The number of nitrogens with zero attached hydrogens (tertiary/aromatic N) is 3. The molecule has 1 atom stereocenters. The lowest BCUT2D eigenvalue weighted by Crippen LogP contribution is -2.12. The molecule has 5 nitrogen and oxygen atoms in total. The Morgan fingerprint density at radius 2 is 2.25 bits per heavy atom. The largest absolute Gasteiger partial charge is 0.310 e. The van der Waals surface area contributed by atoms with Gasteiger partial charge in [0.05, 0.1) is 15.5 Å². The molecule has 0 unspecified atom stereocenters. The summed E-state index contributed by atoms with van der Waals surface area (Å²) in [5, 5.41) is 2.94. The van der Waals surface area contributed by atoms with Crippen molar-refractivity contribution in [3.8, 4) is 0 Å². The number of aryl methyl sites for hydroxylation is 1. The predicted molar refractivity (Wildman–Crippen MR) is 81.3 cm³/mol. The average Bonchev–Trinajstić information content (AvgIpc) is 2.87. The summed E-state index contributed by atoms with van der Waals surface area (Å²) in [6.07, 6.45) is 1.57. The fourth-order valence-corrected chi connectivity index (χ4v) is 3.76. The van der Waals surface area contributed by atoms with Crippen LogP contribution in [-0.2, 0) is 0 Å². The van der Waals surface area contributed by atoms with Crippen molar-refractivity contribution in [2.45, 2.75) is 24.1 Å². The Kier molecular flexibility index (Phi) is 3.54. The van der Waals surface area contributed by atoms with E-state index >= 15 is 0 Å². The van der Waals surface area contributed by atoms with Gasteiger partial charge in [0.1, 0.15) is 17.2 Å². The fourth-order valence-electron chi connectivity index (χ4n) is 1.87. The molecule has 0 radical (unpaired) electrons. The molecule has 0 fully saturated rings. The lowest BCUT2D eigenvalue weighted by atomic mass is 10.4. The molecule has 0 amide bonds. The summed E-state index contributed by atoms with van der Waals surface area (Å²) in [5.74, 6) is 0.670. The molecule has 0 bridgehead atoms. The zero-order valence-corrected chi connectivity index (χ0v) is 12.6. The van der Waals surface area contributed by atoms with Gasteiger partial charge in [0.2, 0.25) is 0 Å². The van der Waals surface area contributed by atoms with Crippen LogP contribution >= 0.6 is 23.1 Å². The summed E-state index contributed by atoms with van der Waals surface area (Å²) in [5.41, 5.74) is 1.55. The summed E-state index contributed by atoms with van der Waals surface area (Å²) in [7, 11) is 0. The third kappa shape index (κ3) is 2.59. The molecule has 3 rings (SSSR count). The maximum Gasteiger partial charge on any atom is 0.251 e. The van der Waals surface area contributed by atoms with Crippen molar-refractivity contribution in [3.63, 3.8) is 0 Å². The number of fused-ring (bicyclic) bond motifs is 1. The molecule has 0 saturated heterocycles. The minimum Gasteiger partial charge on any atom is -0.310 e. The molecule has 0 aromatic carbocycles. The number of aromatic amines is 1. The Labute approximate surface area is 123 Å². The molecule has 3 aromatic heterocycles. The van der Waals surface area contributed by atoms with Gasteiger partial charge in [-0.15, -0.1) is 11.3 Å². The molecule has 0 aliphatic carbocycles. The average molecular weight is 304 g/mol. The maximum atomic E-state index is 11.5. The van der Waals surface area contributed by atoms with Crippen LogP contribution in [0.1, 0.15) is 23.7 Å². The van der Waals surface area contributed by atoms with Crippen LogP contribution in [0.2, 0.25) is 0 Å². The molecule has 7 heteroatoms. The number of rotatable bonds is 3. The van der Waals surface area contributed by atoms with E-state index in [0.717, 1.165) is 20.9 Å². The van der Waals surface area contributed by atoms with Gasteiger partial charge in [-0.05, 0) is 25.3 Å². The molecular weight excluding hydrogens is 292 g/mol. The van der Waals surface area contributed by atoms with Crippen molar-refractivity contribution in [1.82, 2.24) is 19.9 Å². The summed E-state index contributed by atoms with van der Waals surface area (Å²) < 4.78 is 1.07. The lowest BCUT2D eigenvalue weighted by Gasteiger charge is -2.10. The molecule has 0 aliphatic heterocycles. The highest BCUT2D eigenvalue weighted by Gasteiger charge is 2.14. The van der Waals surface area contributed by atoms with Gasteiger partial charge in [0.25, 0.3) is 5.56 Å². The van der Waals surface area contributed by atoms with E-state index in [0.29, 0.717) is 5.82 Å². The standard InChI is InChI=1S/C13H12N4OS2/c1-7-5-10(18)17-12(16-7)8(2)20-13-11-9(3-4-19-11)14-6-15-13/h3-6,8H,1-2H3,(H,16,17,18)/t8-/m1/s1. The Bertz CT molecular complexity index is 811. The van der Waals surface area contributed by atoms with E-state index in [1.807, 2.05) is 25.3 Å². The van der Waals surface area contributed by atoms with Crippen molar-refractivity contribution in [1.29, 1.82) is 0 Å². The monoisotopic (exact) mass is 304 g/mol. The topological polar surface area (TPSA) is 71.5 Å². The SMILES string of the molecule is Cc1cc(=O)[nH]c([C@@H](C)Sc2ncnc3ccsc23)n1. The van der Waals surface area contributed by atoms with Crippen molar-refractivity contribution >= 4 is 33.3 Å². The summed E-state index contributed by atoms with van der Waals surface area (Å²) in [4.78, 5) is 27.2. The molecule has 20 heavy (non-hydrogen) atoms. The zero-order chi connectivity index (χ0) is 14.1. The highest BCUT2D eigenvalue weighted by molar-refractivity contribution is 7.99. The molecule has 1 N–H and O–H groups in total. The summed E-state index contributed by atoms with van der Waals surface area (Å²) in [6.45, 7) is 3.82. The van der Waals surface area contributed by atoms with Crippen LogP contribution in [0.15, 0.2) is 33.7 Å². The van der Waals surface area contributed by atoms with E-state index < -0.39 is 0 Å². The molecule has 0 spiro atoms. The number of hydrogen-bond acceptors (Lipinski definition) is 6. The fraction of sp³-hybridized carbons (Fsp3) is 0.231. The molecule has 3 heterocycles. The van der Waals surface area contributed by atoms with Crippen LogP contribution in [0.3, 0.4) is 0 Å². The van der Waals surface area contributed by atoms with Crippen LogP contribution in [0.4, 0.5) is 0 Å². The minimum atomic E-state index is -0.121. The number of nitrogens with one attached hydrogen (secondary N) is 1. The van der Waals surface area contributed by atoms with Crippen molar-refractivity contribution in [3.05, 3.63) is 45.7 Å². The van der Waals surface area contributed by atoms with Crippen molar-refractivity contribution in [2.24, 2.45) is 0 Å². The first kappa shape index (κ1) is 13.3. The van der Waals surface area contributed by atoms with E-state index in [2.05, 4.69) is 19.9 Å². The van der Waals surface area contributed by atoms with Gasteiger partial charge in [-0.3, -0.25) is 4.79 Å². The van der Waals surface area contributed by atoms with Crippen LogP contribution in [0, 0.1) is 6.92 Å². The third-order valence-corrected chi connectivity index (χ3v) is 4.92. The second-order valence-corrected chi connectivity index (χ2v) is 6.59. The highest BCUT2D eigenvalue weighted by Crippen LogP contribution is 2.36. The second-order valence-electron chi connectivity index (χ2n) is 4.35. The second kappa shape index (κ2) is 5.34. The number of thioether (sulfide) groups is 1. The normalized spacial score (nSPS) is 12.7. The Morgan fingerprint density at radius 3 is 3.05 bits per heavy atom. The number of hydrogen-bond donors (Lipinski definition) is 1. The summed E-state index contributed by atoms with van der Waals surface area (Å²) in [6, 6.07) is 3.46. The van der Waals surface area contributed by atoms with E-state index in [1.165, 1.54) is 6.07 Å². The van der Waals surface area contributed by atoms with Crippen LogP contribution in [0.25, 0.3) is 10.2 Å². The molecule has 102 valence electrons. The first-order chi connectivity index (χ1) is 9.63. The molecule has 0 aliphatic rings. The van der Waals surface area contributed by atoms with E-state index in [-0.39, 0.29) is 10.8 Å². The van der Waals surface area contributed by atoms with Crippen LogP contribution < -0.4 is 5.56 Å². The quantitative estimate of drug-likeness (QED) is 0.595. The van der Waals surface area contributed by atoms with Crippen molar-refractivity contribution < 1.29 is 0 Å². The van der Waals surface area contributed by atoms with Gasteiger partial charge >= 0.3 is 0 Å². The first-order valence-corrected chi connectivity index (χ1v) is 7.82. The maximum absolute atomic E-state index is 11.5. The zero-order valence-electron chi connectivity index (χ0n) is 11.0. The smallest absolute Gasteiger partial charge is 0.251 e. The Morgan fingerprint density at radius 1 is 1.40 bits per heavy atom. The third-order valence-electron chi connectivity index (χ3n) is 2.77. The van der Waals surface area contributed by atoms with Gasteiger partial charge in [-0.1, -0.05) is 11.8 Å². The van der Waals surface area contributed by atoms with Crippen LogP contribution in [0.5, 0.6) is 0 Å². The number of H-pyrrole nitrogens is 1.